The number of benzene rings is 1. The summed E-state index contributed by atoms with van der Waals surface area (Å²) in [6.07, 6.45) is 3.93. The van der Waals surface area contributed by atoms with Crippen molar-refractivity contribution >= 4 is 0 Å². The second-order valence-corrected chi connectivity index (χ2v) is 4.04. The minimum absolute atomic E-state index is 0.525. The monoisotopic (exact) mass is 222 g/mol. The van der Waals surface area contributed by atoms with E-state index in [2.05, 4.69) is 6.92 Å². The van der Waals surface area contributed by atoms with Gasteiger partial charge >= 0.3 is 0 Å². The molecule has 0 heterocycles. The van der Waals surface area contributed by atoms with Gasteiger partial charge in [-0.2, -0.15) is 0 Å². The Labute approximate surface area is 98.3 Å². The van der Waals surface area contributed by atoms with E-state index in [-0.39, 0.29) is 0 Å². The lowest BCUT2D eigenvalue weighted by Gasteiger charge is -2.28. The molecule has 1 unspecified atom stereocenters. The first-order valence-corrected chi connectivity index (χ1v) is 6.14. The number of rotatable bonds is 7. The second-order valence-electron chi connectivity index (χ2n) is 4.04. The van der Waals surface area contributed by atoms with Crippen molar-refractivity contribution in [2.45, 2.75) is 45.3 Å². The Morgan fingerprint density at radius 2 is 1.81 bits per heavy atom. The number of aliphatic hydroxyl groups is 1. The van der Waals surface area contributed by atoms with Crippen LogP contribution in [-0.2, 0) is 10.5 Å². The minimum atomic E-state index is -1.11. The molecule has 0 aromatic heterocycles. The fourth-order valence-corrected chi connectivity index (χ4v) is 1.85. The van der Waals surface area contributed by atoms with Crippen molar-refractivity contribution in [3.63, 3.8) is 0 Å². The van der Waals surface area contributed by atoms with E-state index in [0.29, 0.717) is 13.0 Å². The Morgan fingerprint density at radius 1 is 1.12 bits per heavy atom. The van der Waals surface area contributed by atoms with Gasteiger partial charge < -0.3 is 9.84 Å². The number of hydrogen-bond donors (Lipinski definition) is 1. The number of unbranched alkanes of at least 4 members (excludes halogenated alkanes) is 2. The van der Waals surface area contributed by atoms with Crippen molar-refractivity contribution in [2.24, 2.45) is 0 Å². The first kappa shape index (κ1) is 13.2. The van der Waals surface area contributed by atoms with Crippen LogP contribution in [0.15, 0.2) is 30.3 Å². The molecule has 1 atom stereocenters. The van der Waals surface area contributed by atoms with Crippen molar-refractivity contribution in [1.82, 2.24) is 0 Å². The smallest absolute Gasteiger partial charge is 0.192 e. The molecule has 2 heteroatoms. The average molecular weight is 222 g/mol. The van der Waals surface area contributed by atoms with E-state index >= 15 is 0 Å². The third-order valence-corrected chi connectivity index (χ3v) is 2.73. The van der Waals surface area contributed by atoms with Crippen LogP contribution in [0, 0.1) is 0 Å². The second kappa shape index (κ2) is 6.66. The largest absolute Gasteiger partial charge is 0.362 e. The van der Waals surface area contributed by atoms with Crippen molar-refractivity contribution in [3.05, 3.63) is 35.9 Å². The highest BCUT2D eigenvalue weighted by molar-refractivity contribution is 5.19. The van der Waals surface area contributed by atoms with E-state index in [1.807, 2.05) is 37.3 Å². The van der Waals surface area contributed by atoms with Gasteiger partial charge in [0.1, 0.15) is 0 Å². The Morgan fingerprint density at radius 3 is 2.38 bits per heavy atom. The highest BCUT2D eigenvalue weighted by Gasteiger charge is 2.28. The third-order valence-electron chi connectivity index (χ3n) is 2.73. The molecule has 1 N–H and O–H groups in total. The molecule has 1 aromatic carbocycles. The van der Waals surface area contributed by atoms with Crippen LogP contribution in [-0.4, -0.2) is 11.7 Å². The van der Waals surface area contributed by atoms with Gasteiger partial charge in [0.05, 0.1) is 0 Å². The van der Waals surface area contributed by atoms with Gasteiger partial charge in [-0.1, -0.05) is 50.1 Å². The third kappa shape index (κ3) is 3.62. The fourth-order valence-electron chi connectivity index (χ4n) is 1.85. The summed E-state index contributed by atoms with van der Waals surface area (Å²) >= 11 is 0. The van der Waals surface area contributed by atoms with E-state index in [1.165, 1.54) is 0 Å². The van der Waals surface area contributed by atoms with Crippen LogP contribution < -0.4 is 0 Å². The number of ether oxygens (including phenoxy) is 1. The highest BCUT2D eigenvalue weighted by Crippen LogP contribution is 2.28. The Kier molecular flexibility index (Phi) is 5.50. The topological polar surface area (TPSA) is 29.5 Å². The molecule has 0 saturated heterocycles. The summed E-state index contributed by atoms with van der Waals surface area (Å²) in [6, 6.07) is 9.64. The van der Waals surface area contributed by atoms with Gasteiger partial charge in [0.25, 0.3) is 0 Å². The Bertz CT molecular complexity index is 284. The average Bonchev–Trinajstić information content (AvgIpc) is 2.31. The van der Waals surface area contributed by atoms with Crippen LogP contribution in [0.25, 0.3) is 0 Å². The highest BCUT2D eigenvalue weighted by atomic mass is 16.6. The van der Waals surface area contributed by atoms with E-state index in [1.54, 1.807) is 0 Å². The lowest BCUT2D eigenvalue weighted by atomic mass is 9.99. The molecule has 0 aliphatic carbocycles. The predicted octanol–water partition coefficient (Wildman–Crippen LogP) is 3.45. The predicted molar refractivity (Wildman–Crippen MR) is 66.1 cm³/mol. The van der Waals surface area contributed by atoms with Crippen LogP contribution in [0.2, 0.25) is 0 Å². The molecule has 1 aromatic rings. The fraction of sp³-hybridized carbons (Fsp3) is 0.571. The van der Waals surface area contributed by atoms with Gasteiger partial charge in [-0.25, -0.2) is 0 Å². The van der Waals surface area contributed by atoms with Crippen molar-refractivity contribution in [2.75, 3.05) is 6.61 Å². The van der Waals surface area contributed by atoms with E-state index in [0.717, 1.165) is 24.8 Å². The van der Waals surface area contributed by atoms with Crippen molar-refractivity contribution in [3.8, 4) is 0 Å². The van der Waals surface area contributed by atoms with Crippen LogP contribution in [0.1, 0.15) is 45.1 Å². The van der Waals surface area contributed by atoms with E-state index in [4.69, 9.17) is 4.74 Å². The van der Waals surface area contributed by atoms with Crippen LogP contribution in [0.4, 0.5) is 0 Å². The van der Waals surface area contributed by atoms with Gasteiger partial charge in [0.2, 0.25) is 0 Å². The lowest BCUT2D eigenvalue weighted by molar-refractivity contribution is -0.215. The van der Waals surface area contributed by atoms with Gasteiger partial charge in [-0.3, -0.25) is 0 Å². The molecule has 0 bridgehead atoms. The van der Waals surface area contributed by atoms with Crippen LogP contribution in [0.5, 0.6) is 0 Å². The number of hydrogen-bond acceptors (Lipinski definition) is 2. The molecule has 2 nitrogen and oxygen atoms in total. The van der Waals surface area contributed by atoms with E-state index in [9.17, 15) is 5.11 Å². The molecule has 1 rings (SSSR count). The van der Waals surface area contributed by atoms with Gasteiger partial charge in [-0.15, -0.1) is 0 Å². The molecule has 0 aliphatic heterocycles. The first-order valence-electron chi connectivity index (χ1n) is 6.14. The summed E-state index contributed by atoms with van der Waals surface area (Å²) < 4.78 is 5.52. The summed E-state index contributed by atoms with van der Waals surface area (Å²) in [5, 5.41) is 10.5. The van der Waals surface area contributed by atoms with Gasteiger partial charge in [0, 0.05) is 18.6 Å². The first-order chi connectivity index (χ1) is 7.73. The van der Waals surface area contributed by atoms with Gasteiger partial charge in [0.15, 0.2) is 5.79 Å². The normalized spacial score (nSPS) is 14.7. The summed E-state index contributed by atoms with van der Waals surface area (Å²) in [7, 11) is 0. The Hall–Kier alpha value is -0.860. The van der Waals surface area contributed by atoms with Gasteiger partial charge in [-0.05, 0) is 13.3 Å². The molecule has 0 saturated carbocycles. The summed E-state index contributed by atoms with van der Waals surface area (Å²) in [5.74, 6) is -1.11. The zero-order valence-electron chi connectivity index (χ0n) is 10.3. The molecular formula is C14H22O2. The maximum atomic E-state index is 10.5. The van der Waals surface area contributed by atoms with Crippen LogP contribution >= 0.6 is 0 Å². The Balaban J connectivity index is 2.71. The van der Waals surface area contributed by atoms with Crippen LogP contribution in [0.3, 0.4) is 0 Å². The molecule has 90 valence electrons. The zero-order valence-corrected chi connectivity index (χ0v) is 10.3. The maximum Gasteiger partial charge on any atom is 0.192 e. The summed E-state index contributed by atoms with van der Waals surface area (Å²) in [6.45, 7) is 4.59. The standard InChI is InChI=1S/C14H22O2/c1-3-5-9-12-14(15,16-4-2)13-10-7-6-8-11-13/h6-8,10-11,15H,3-5,9,12H2,1-2H3. The quantitative estimate of drug-likeness (QED) is 0.565. The zero-order chi connectivity index (χ0) is 11.9. The summed E-state index contributed by atoms with van der Waals surface area (Å²) in [5.41, 5.74) is 0.855. The SMILES string of the molecule is CCCCCC(O)(OCC)c1ccccc1. The molecule has 0 amide bonds. The molecule has 0 radical (unpaired) electrons. The minimum Gasteiger partial charge on any atom is -0.362 e. The lowest BCUT2D eigenvalue weighted by Crippen LogP contribution is -2.29. The summed E-state index contributed by atoms with van der Waals surface area (Å²) in [4.78, 5) is 0. The molecule has 0 spiro atoms. The molecule has 0 fully saturated rings. The maximum absolute atomic E-state index is 10.5. The molecule has 16 heavy (non-hydrogen) atoms. The van der Waals surface area contributed by atoms with Crippen molar-refractivity contribution in [1.29, 1.82) is 0 Å². The molecule has 0 aliphatic rings. The molecular weight excluding hydrogens is 200 g/mol. The van der Waals surface area contributed by atoms with E-state index < -0.39 is 5.79 Å². The van der Waals surface area contributed by atoms with Crippen molar-refractivity contribution < 1.29 is 9.84 Å².